The predicted molar refractivity (Wildman–Crippen MR) is 88.8 cm³/mol. The molecular formula is C16H17F2N3O4S. The molecule has 26 heavy (non-hydrogen) atoms. The number of sulfonamides is 1. The minimum Gasteiger partial charge on any atom is -0.355 e. The Morgan fingerprint density at radius 3 is 2.46 bits per heavy atom. The van der Waals surface area contributed by atoms with Crippen LogP contribution in [0.3, 0.4) is 0 Å². The van der Waals surface area contributed by atoms with Crippen molar-refractivity contribution < 1.29 is 26.5 Å². The molecule has 0 N–H and O–H groups in total. The Labute approximate surface area is 149 Å². The van der Waals surface area contributed by atoms with Crippen LogP contribution in [0.1, 0.15) is 17.4 Å². The van der Waals surface area contributed by atoms with E-state index in [1.165, 1.54) is 21.3 Å². The molecule has 140 valence electrons. The quantitative estimate of drug-likeness (QED) is 0.800. The number of piperazine rings is 1. The summed E-state index contributed by atoms with van der Waals surface area (Å²) < 4.78 is 56.4. The lowest BCUT2D eigenvalue weighted by Crippen LogP contribution is -2.50. The van der Waals surface area contributed by atoms with E-state index in [1.54, 1.807) is 6.92 Å². The highest BCUT2D eigenvalue weighted by Crippen LogP contribution is 2.23. The lowest BCUT2D eigenvalue weighted by Gasteiger charge is -2.33. The Kier molecular flexibility index (Phi) is 5.05. The van der Waals surface area contributed by atoms with Crippen LogP contribution in [0.5, 0.6) is 0 Å². The van der Waals surface area contributed by atoms with Crippen LogP contribution in [0.15, 0.2) is 28.8 Å². The highest BCUT2D eigenvalue weighted by Gasteiger charge is 2.29. The molecular weight excluding hydrogens is 368 g/mol. The maximum Gasteiger partial charge on any atom is 0.276 e. The van der Waals surface area contributed by atoms with Gasteiger partial charge in [0.2, 0.25) is 10.0 Å². The molecule has 0 spiro atoms. The molecule has 0 aliphatic carbocycles. The fourth-order valence-electron chi connectivity index (χ4n) is 2.68. The zero-order chi connectivity index (χ0) is 18.9. The maximum atomic E-state index is 13.3. The van der Waals surface area contributed by atoms with Crippen molar-refractivity contribution in [3.8, 4) is 11.3 Å². The Balaban J connectivity index is 1.70. The first-order chi connectivity index (χ1) is 12.3. The molecule has 0 unspecified atom stereocenters. The standard InChI is InChI=1S/C16H17F2N3O4S/c1-2-26(23,24)21-7-5-20(6-8-21)16(22)14-10-15(25-19-14)11-3-4-12(17)13(18)9-11/h3-4,9-10H,2,5-8H2,1H3. The molecule has 2 aromatic rings. The van der Waals surface area contributed by atoms with E-state index < -0.39 is 27.6 Å². The van der Waals surface area contributed by atoms with Crippen LogP contribution < -0.4 is 0 Å². The van der Waals surface area contributed by atoms with Gasteiger partial charge in [-0.25, -0.2) is 17.2 Å². The summed E-state index contributed by atoms with van der Waals surface area (Å²) in [7, 11) is -3.28. The highest BCUT2D eigenvalue weighted by molar-refractivity contribution is 7.89. The number of benzene rings is 1. The van der Waals surface area contributed by atoms with Crippen molar-refractivity contribution in [2.45, 2.75) is 6.92 Å². The van der Waals surface area contributed by atoms with Gasteiger partial charge in [0.05, 0.1) is 5.75 Å². The van der Waals surface area contributed by atoms with E-state index in [9.17, 15) is 22.0 Å². The number of aromatic nitrogens is 1. The van der Waals surface area contributed by atoms with Crippen molar-refractivity contribution in [2.24, 2.45) is 0 Å². The minimum atomic E-state index is -3.28. The van der Waals surface area contributed by atoms with Crippen molar-refractivity contribution in [3.05, 3.63) is 41.6 Å². The first kappa shape index (κ1) is 18.5. The summed E-state index contributed by atoms with van der Waals surface area (Å²) in [5.74, 6) is -2.26. The second-order valence-corrected chi connectivity index (χ2v) is 8.05. The van der Waals surface area contributed by atoms with Gasteiger partial charge < -0.3 is 9.42 Å². The first-order valence-electron chi connectivity index (χ1n) is 8.01. The van der Waals surface area contributed by atoms with Crippen LogP contribution in [0.4, 0.5) is 8.78 Å². The first-order valence-corrected chi connectivity index (χ1v) is 9.62. The third kappa shape index (κ3) is 3.61. The molecule has 7 nitrogen and oxygen atoms in total. The van der Waals surface area contributed by atoms with E-state index in [0.29, 0.717) is 0 Å². The molecule has 1 aromatic carbocycles. The van der Waals surface area contributed by atoms with Crippen LogP contribution in [0.25, 0.3) is 11.3 Å². The van der Waals surface area contributed by atoms with Gasteiger partial charge in [-0.3, -0.25) is 4.79 Å². The highest BCUT2D eigenvalue weighted by atomic mass is 32.2. The zero-order valence-corrected chi connectivity index (χ0v) is 14.8. The van der Waals surface area contributed by atoms with Gasteiger partial charge >= 0.3 is 0 Å². The number of halogens is 2. The number of nitrogens with zero attached hydrogens (tertiary/aromatic N) is 3. The van der Waals surface area contributed by atoms with Gasteiger partial charge in [-0.15, -0.1) is 0 Å². The van der Waals surface area contributed by atoms with Crippen LogP contribution >= 0.6 is 0 Å². The number of carbonyl (C=O) groups is 1. The summed E-state index contributed by atoms with van der Waals surface area (Å²) in [4.78, 5) is 14.0. The number of rotatable bonds is 4. The minimum absolute atomic E-state index is 0.0157. The van der Waals surface area contributed by atoms with Gasteiger partial charge in [-0.05, 0) is 25.1 Å². The Bertz CT molecular complexity index is 921. The fourth-order valence-corrected chi connectivity index (χ4v) is 3.76. The average Bonchev–Trinajstić information content (AvgIpc) is 3.13. The third-order valence-electron chi connectivity index (χ3n) is 4.22. The molecule has 2 heterocycles. The monoisotopic (exact) mass is 385 g/mol. The molecule has 1 aliphatic heterocycles. The second kappa shape index (κ2) is 7.12. The topological polar surface area (TPSA) is 83.7 Å². The van der Waals surface area contributed by atoms with Crippen LogP contribution in [-0.2, 0) is 10.0 Å². The van der Waals surface area contributed by atoms with Gasteiger partial charge in [0.25, 0.3) is 5.91 Å². The van der Waals surface area contributed by atoms with E-state index in [1.807, 2.05) is 0 Å². The molecule has 0 bridgehead atoms. The van der Waals surface area contributed by atoms with E-state index in [0.717, 1.165) is 12.1 Å². The summed E-state index contributed by atoms with van der Waals surface area (Å²) in [5.41, 5.74) is 0.283. The van der Waals surface area contributed by atoms with Crippen LogP contribution in [0.2, 0.25) is 0 Å². The Morgan fingerprint density at radius 1 is 1.15 bits per heavy atom. The van der Waals surface area contributed by atoms with Crippen molar-refractivity contribution in [3.63, 3.8) is 0 Å². The van der Waals surface area contributed by atoms with Gasteiger partial charge in [0, 0.05) is 37.8 Å². The van der Waals surface area contributed by atoms with Gasteiger partial charge in [-0.2, -0.15) is 4.31 Å². The molecule has 0 radical (unpaired) electrons. The molecule has 0 saturated carbocycles. The third-order valence-corrected chi connectivity index (χ3v) is 6.10. The summed E-state index contributed by atoms with van der Waals surface area (Å²) in [6, 6.07) is 4.59. The smallest absolute Gasteiger partial charge is 0.276 e. The fraction of sp³-hybridized carbons (Fsp3) is 0.375. The van der Waals surface area contributed by atoms with Crippen molar-refractivity contribution in [1.82, 2.24) is 14.4 Å². The molecule has 1 fully saturated rings. The number of hydrogen-bond acceptors (Lipinski definition) is 5. The second-order valence-electron chi connectivity index (χ2n) is 5.80. The Morgan fingerprint density at radius 2 is 1.85 bits per heavy atom. The molecule has 0 atom stereocenters. The SMILES string of the molecule is CCS(=O)(=O)N1CCN(C(=O)c2cc(-c3ccc(F)c(F)c3)on2)CC1. The lowest BCUT2D eigenvalue weighted by atomic mass is 10.1. The normalized spacial score (nSPS) is 16.0. The number of carbonyl (C=O) groups excluding carboxylic acids is 1. The van der Waals surface area contributed by atoms with Crippen molar-refractivity contribution >= 4 is 15.9 Å². The molecule has 1 amide bonds. The zero-order valence-electron chi connectivity index (χ0n) is 14.0. The molecule has 10 heteroatoms. The molecule has 1 saturated heterocycles. The van der Waals surface area contributed by atoms with E-state index in [2.05, 4.69) is 5.16 Å². The maximum absolute atomic E-state index is 13.3. The molecule has 3 rings (SSSR count). The Hall–Kier alpha value is -2.33. The predicted octanol–water partition coefficient (Wildman–Crippen LogP) is 1.73. The van der Waals surface area contributed by atoms with Gasteiger partial charge in [-0.1, -0.05) is 5.16 Å². The van der Waals surface area contributed by atoms with Crippen molar-refractivity contribution in [1.29, 1.82) is 0 Å². The molecule has 1 aromatic heterocycles. The lowest BCUT2D eigenvalue weighted by molar-refractivity contribution is 0.0687. The van der Waals surface area contributed by atoms with Crippen LogP contribution in [0, 0.1) is 11.6 Å². The average molecular weight is 385 g/mol. The summed E-state index contributed by atoms with van der Waals surface area (Å²) >= 11 is 0. The molecule has 1 aliphatic rings. The summed E-state index contributed by atoms with van der Waals surface area (Å²) in [5, 5.41) is 3.69. The number of amides is 1. The summed E-state index contributed by atoms with van der Waals surface area (Å²) in [6.45, 7) is 2.49. The number of hydrogen-bond donors (Lipinski definition) is 0. The van der Waals surface area contributed by atoms with E-state index in [4.69, 9.17) is 4.52 Å². The van der Waals surface area contributed by atoms with E-state index >= 15 is 0 Å². The largest absolute Gasteiger partial charge is 0.355 e. The van der Waals surface area contributed by atoms with Crippen LogP contribution in [-0.4, -0.2) is 60.6 Å². The van der Waals surface area contributed by atoms with Crippen molar-refractivity contribution in [2.75, 3.05) is 31.9 Å². The van der Waals surface area contributed by atoms with Gasteiger partial charge in [0.1, 0.15) is 0 Å². The van der Waals surface area contributed by atoms with E-state index in [-0.39, 0.29) is 48.9 Å². The van der Waals surface area contributed by atoms with Gasteiger partial charge in [0.15, 0.2) is 23.1 Å². The summed E-state index contributed by atoms with van der Waals surface area (Å²) in [6.07, 6.45) is 0.